The topological polar surface area (TPSA) is 20.3 Å². The Kier molecular flexibility index (Phi) is 5.35. The minimum atomic E-state index is 0.282. The van der Waals surface area contributed by atoms with Crippen LogP contribution in [0.4, 0.5) is 0 Å². The first-order chi connectivity index (χ1) is 6.22. The van der Waals surface area contributed by atoms with E-state index in [2.05, 4.69) is 39.5 Å². The van der Waals surface area contributed by atoms with Gasteiger partial charge in [-0.1, -0.05) is 20.8 Å². The van der Waals surface area contributed by atoms with Crippen LogP contribution in [0, 0.1) is 5.41 Å². The maximum absolute atomic E-state index is 10.9. The van der Waals surface area contributed by atoms with Gasteiger partial charge >= 0.3 is 0 Å². The van der Waals surface area contributed by atoms with Crippen molar-refractivity contribution in [1.82, 2.24) is 4.90 Å². The molecule has 0 bridgehead atoms. The molecule has 14 heavy (non-hydrogen) atoms. The van der Waals surface area contributed by atoms with Gasteiger partial charge in [-0.05, 0) is 26.2 Å². The second-order valence-corrected chi connectivity index (χ2v) is 5.58. The average Bonchev–Trinajstić information content (AvgIpc) is 1.94. The summed E-state index contributed by atoms with van der Waals surface area (Å²) in [6, 6.07) is 0.522. The highest BCUT2D eigenvalue weighted by atomic mass is 16.1. The van der Waals surface area contributed by atoms with Crippen molar-refractivity contribution in [2.75, 3.05) is 13.1 Å². The molecule has 84 valence electrons. The summed E-state index contributed by atoms with van der Waals surface area (Å²) in [4.78, 5) is 13.3. The van der Waals surface area contributed by atoms with Crippen LogP contribution in [-0.2, 0) is 4.79 Å². The van der Waals surface area contributed by atoms with Crippen molar-refractivity contribution in [3.8, 4) is 0 Å². The van der Waals surface area contributed by atoms with Gasteiger partial charge in [0, 0.05) is 25.6 Å². The number of hydrogen-bond acceptors (Lipinski definition) is 2. The van der Waals surface area contributed by atoms with E-state index in [-0.39, 0.29) is 5.78 Å². The summed E-state index contributed by atoms with van der Waals surface area (Å²) >= 11 is 0. The number of hydrogen-bond donors (Lipinski definition) is 0. The highest BCUT2D eigenvalue weighted by molar-refractivity contribution is 5.75. The normalized spacial score (nSPS) is 12.6. The first kappa shape index (κ1) is 13.6. The van der Waals surface area contributed by atoms with E-state index in [1.807, 2.05) is 0 Å². The van der Waals surface area contributed by atoms with Crippen molar-refractivity contribution < 1.29 is 4.79 Å². The largest absolute Gasteiger partial charge is 0.300 e. The molecule has 0 aliphatic heterocycles. The second-order valence-electron chi connectivity index (χ2n) is 5.58. The lowest BCUT2D eigenvalue weighted by Crippen LogP contribution is -2.39. The molecule has 0 saturated heterocycles. The Balaban J connectivity index is 4.10. The van der Waals surface area contributed by atoms with Crippen LogP contribution in [0.25, 0.3) is 0 Å². The summed E-state index contributed by atoms with van der Waals surface area (Å²) in [6.07, 6.45) is 0.675. The minimum absolute atomic E-state index is 0.282. The molecular weight excluding hydrogens is 174 g/mol. The van der Waals surface area contributed by atoms with Gasteiger partial charge in [0.2, 0.25) is 0 Å². The molecule has 0 spiro atoms. The van der Waals surface area contributed by atoms with E-state index in [0.717, 1.165) is 13.1 Å². The van der Waals surface area contributed by atoms with Crippen molar-refractivity contribution in [1.29, 1.82) is 0 Å². The van der Waals surface area contributed by atoms with Crippen LogP contribution in [-0.4, -0.2) is 29.8 Å². The van der Waals surface area contributed by atoms with E-state index >= 15 is 0 Å². The van der Waals surface area contributed by atoms with E-state index in [9.17, 15) is 4.79 Å². The van der Waals surface area contributed by atoms with Gasteiger partial charge in [-0.2, -0.15) is 0 Å². The molecule has 0 rings (SSSR count). The molecule has 0 amide bonds. The van der Waals surface area contributed by atoms with Crippen LogP contribution < -0.4 is 0 Å². The molecule has 0 aliphatic carbocycles. The summed E-state index contributed by atoms with van der Waals surface area (Å²) in [7, 11) is 0. The van der Waals surface area contributed by atoms with Crippen LogP contribution in [0.2, 0.25) is 0 Å². The SMILES string of the molecule is CC(=O)CCN(CC(C)(C)C)C(C)C. The van der Waals surface area contributed by atoms with E-state index in [0.29, 0.717) is 17.9 Å². The Morgan fingerprint density at radius 2 is 1.79 bits per heavy atom. The molecule has 0 aromatic carbocycles. The number of Topliss-reactive ketones (excluding diaryl/α,β-unsaturated/α-hetero) is 1. The van der Waals surface area contributed by atoms with Crippen molar-refractivity contribution >= 4 is 5.78 Å². The Bertz CT molecular complexity index is 179. The predicted octanol–water partition coefficient (Wildman–Crippen LogP) is 2.72. The third kappa shape index (κ3) is 7.07. The second kappa shape index (κ2) is 5.50. The van der Waals surface area contributed by atoms with Crippen molar-refractivity contribution in [3.05, 3.63) is 0 Å². The molecule has 0 saturated carbocycles. The van der Waals surface area contributed by atoms with E-state index in [4.69, 9.17) is 0 Å². The minimum Gasteiger partial charge on any atom is -0.300 e. The molecule has 0 atom stereocenters. The molecule has 0 aromatic heterocycles. The number of nitrogens with zero attached hydrogens (tertiary/aromatic N) is 1. The summed E-state index contributed by atoms with van der Waals surface area (Å²) < 4.78 is 0. The Hall–Kier alpha value is -0.370. The summed E-state index contributed by atoms with van der Waals surface area (Å²) in [6.45, 7) is 14.7. The predicted molar refractivity (Wildman–Crippen MR) is 61.5 cm³/mol. The summed E-state index contributed by atoms with van der Waals surface area (Å²) in [5.41, 5.74) is 0.307. The van der Waals surface area contributed by atoms with Gasteiger partial charge < -0.3 is 0 Å². The highest BCUT2D eigenvalue weighted by Crippen LogP contribution is 2.17. The zero-order valence-corrected chi connectivity index (χ0v) is 10.6. The molecule has 0 heterocycles. The molecule has 0 aromatic rings. The van der Waals surface area contributed by atoms with Gasteiger partial charge in [-0.15, -0.1) is 0 Å². The molecule has 0 fully saturated rings. The molecule has 0 aliphatic rings. The van der Waals surface area contributed by atoms with E-state index in [1.54, 1.807) is 6.92 Å². The van der Waals surface area contributed by atoms with Gasteiger partial charge in [-0.25, -0.2) is 0 Å². The molecule has 0 radical (unpaired) electrons. The lowest BCUT2D eigenvalue weighted by Gasteiger charge is -2.32. The van der Waals surface area contributed by atoms with Gasteiger partial charge in [0.05, 0.1) is 0 Å². The smallest absolute Gasteiger partial charge is 0.131 e. The molecule has 2 nitrogen and oxygen atoms in total. The fourth-order valence-electron chi connectivity index (χ4n) is 1.43. The number of rotatable bonds is 5. The standard InChI is InChI=1S/C12H25NO/c1-10(2)13(8-7-11(3)14)9-12(4,5)6/h10H,7-9H2,1-6H3. The van der Waals surface area contributed by atoms with Crippen LogP contribution in [0.5, 0.6) is 0 Å². The average molecular weight is 199 g/mol. The third-order valence-corrected chi connectivity index (χ3v) is 2.16. The van der Waals surface area contributed by atoms with E-state index < -0.39 is 0 Å². The van der Waals surface area contributed by atoms with Crippen molar-refractivity contribution in [2.24, 2.45) is 5.41 Å². The van der Waals surface area contributed by atoms with Gasteiger partial charge in [0.15, 0.2) is 0 Å². The number of carbonyl (C=O) groups excluding carboxylic acids is 1. The van der Waals surface area contributed by atoms with Gasteiger partial charge in [-0.3, -0.25) is 9.69 Å². The quantitative estimate of drug-likeness (QED) is 0.678. The zero-order valence-electron chi connectivity index (χ0n) is 10.6. The zero-order chi connectivity index (χ0) is 11.4. The Morgan fingerprint density at radius 1 is 1.29 bits per heavy atom. The first-order valence-corrected chi connectivity index (χ1v) is 5.46. The number of carbonyl (C=O) groups is 1. The number of ketones is 1. The lowest BCUT2D eigenvalue weighted by molar-refractivity contribution is -0.117. The van der Waals surface area contributed by atoms with Crippen LogP contribution in [0.3, 0.4) is 0 Å². The van der Waals surface area contributed by atoms with Crippen LogP contribution in [0.15, 0.2) is 0 Å². The highest BCUT2D eigenvalue weighted by Gasteiger charge is 2.18. The molecule has 2 heteroatoms. The van der Waals surface area contributed by atoms with E-state index in [1.165, 1.54) is 0 Å². The maximum Gasteiger partial charge on any atom is 0.131 e. The molecule has 0 unspecified atom stereocenters. The van der Waals surface area contributed by atoms with Gasteiger partial charge in [0.25, 0.3) is 0 Å². The monoisotopic (exact) mass is 199 g/mol. The van der Waals surface area contributed by atoms with Crippen LogP contribution >= 0.6 is 0 Å². The maximum atomic E-state index is 10.9. The summed E-state index contributed by atoms with van der Waals surface area (Å²) in [5, 5.41) is 0. The molecule has 0 N–H and O–H groups in total. The van der Waals surface area contributed by atoms with Crippen LogP contribution in [0.1, 0.15) is 48.0 Å². The Labute approximate surface area is 88.7 Å². The fraction of sp³-hybridized carbons (Fsp3) is 0.917. The third-order valence-electron chi connectivity index (χ3n) is 2.16. The summed E-state index contributed by atoms with van der Waals surface area (Å²) in [5.74, 6) is 0.282. The Morgan fingerprint density at radius 3 is 2.07 bits per heavy atom. The first-order valence-electron chi connectivity index (χ1n) is 5.46. The van der Waals surface area contributed by atoms with Crippen molar-refractivity contribution in [2.45, 2.75) is 54.0 Å². The lowest BCUT2D eigenvalue weighted by atomic mass is 9.95. The molecular formula is C12H25NO. The van der Waals surface area contributed by atoms with Crippen molar-refractivity contribution in [3.63, 3.8) is 0 Å². The van der Waals surface area contributed by atoms with Gasteiger partial charge in [0.1, 0.15) is 5.78 Å². The fourth-order valence-corrected chi connectivity index (χ4v) is 1.43.